The fourth-order valence-electron chi connectivity index (χ4n) is 4.55. The molecule has 0 bridgehead atoms. The lowest BCUT2D eigenvalue weighted by Gasteiger charge is -2.09. The summed E-state index contributed by atoms with van der Waals surface area (Å²) in [4.78, 5) is 26.0. The Morgan fingerprint density at radius 1 is 1.14 bits per heavy atom. The number of imidazole rings is 1. The highest BCUT2D eigenvalue weighted by Crippen LogP contribution is 2.51. The number of carbonyl (C=O) groups excluding carboxylic acids is 1. The summed E-state index contributed by atoms with van der Waals surface area (Å²) >= 11 is 6.15. The van der Waals surface area contributed by atoms with Gasteiger partial charge in [0.25, 0.3) is 0 Å². The first-order valence-electron chi connectivity index (χ1n) is 11.7. The van der Waals surface area contributed by atoms with E-state index in [4.69, 9.17) is 16.3 Å². The number of hydrogen-bond donors (Lipinski definition) is 2. The molecule has 0 unspecified atom stereocenters. The van der Waals surface area contributed by atoms with Gasteiger partial charge in [-0.1, -0.05) is 17.7 Å². The summed E-state index contributed by atoms with van der Waals surface area (Å²) in [7, 11) is 1.62. The van der Waals surface area contributed by atoms with Gasteiger partial charge in [-0.05, 0) is 66.5 Å². The number of ether oxygens (including phenoxy) is 1. The third-order valence-corrected chi connectivity index (χ3v) is 6.90. The first-order chi connectivity index (χ1) is 17.1. The maximum absolute atomic E-state index is 12.8. The number of benzene rings is 1. The number of amides is 1. The molecule has 2 saturated carbocycles. The van der Waals surface area contributed by atoms with Gasteiger partial charge in [0.2, 0.25) is 5.91 Å². The summed E-state index contributed by atoms with van der Waals surface area (Å²) in [6.45, 7) is 0.518. The number of hydrogen-bond acceptors (Lipinski definition) is 6. The molecular weight excluding hydrogens is 464 g/mol. The lowest BCUT2D eigenvalue weighted by Crippen LogP contribution is -2.16. The van der Waals surface area contributed by atoms with Crippen LogP contribution >= 0.6 is 11.6 Å². The van der Waals surface area contributed by atoms with Gasteiger partial charge in [-0.15, -0.1) is 0 Å². The molecule has 2 N–H and O–H groups in total. The molecule has 2 atom stereocenters. The summed E-state index contributed by atoms with van der Waals surface area (Å²) in [6, 6.07) is 11.5. The third kappa shape index (κ3) is 4.66. The van der Waals surface area contributed by atoms with E-state index in [0.29, 0.717) is 29.1 Å². The van der Waals surface area contributed by atoms with Gasteiger partial charge in [0.1, 0.15) is 29.4 Å². The summed E-state index contributed by atoms with van der Waals surface area (Å²) in [5, 5.41) is 6.82. The lowest BCUT2D eigenvalue weighted by atomic mass is 10.1. The van der Waals surface area contributed by atoms with Crippen molar-refractivity contribution in [3.05, 3.63) is 77.0 Å². The Morgan fingerprint density at radius 3 is 2.83 bits per heavy atom. The van der Waals surface area contributed by atoms with Crippen LogP contribution in [0.5, 0.6) is 5.75 Å². The smallest absolute Gasteiger partial charge is 0.229 e. The largest absolute Gasteiger partial charge is 0.496 e. The normalized spacial score (nSPS) is 18.9. The molecule has 2 aliphatic rings. The van der Waals surface area contributed by atoms with Gasteiger partial charge in [-0.2, -0.15) is 0 Å². The highest BCUT2D eigenvalue weighted by atomic mass is 35.5. The fraction of sp³-hybridized carbons (Fsp3) is 0.308. The van der Waals surface area contributed by atoms with Crippen LogP contribution in [0.3, 0.4) is 0 Å². The number of pyridine rings is 1. The van der Waals surface area contributed by atoms with Crippen LogP contribution in [0.1, 0.15) is 47.9 Å². The topological polar surface area (TPSA) is 93.4 Å². The molecule has 0 saturated heterocycles. The molecule has 3 aromatic heterocycles. The minimum atomic E-state index is -0.146. The van der Waals surface area contributed by atoms with Gasteiger partial charge in [-0.3, -0.25) is 4.79 Å². The third-order valence-electron chi connectivity index (χ3n) is 6.66. The van der Waals surface area contributed by atoms with Gasteiger partial charge < -0.3 is 19.8 Å². The zero-order valence-corrected chi connectivity index (χ0v) is 20.0. The van der Waals surface area contributed by atoms with Crippen LogP contribution in [-0.2, 0) is 11.3 Å². The minimum absolute atomic E-state index is 0.0755. The second kappa shape index (κ2) is 8.85. The minimum Gasteiger partial charge on any atom is -0.496 e. The van der Waals surface area contributed by atoms with Gasteiger partial charge in [0.05, 0.1) is 19.3 Å². The summed E-state index contributed by atoms with van der Waals surface area (Å²) < 4.78 is 7.52. The highest BCUT2D eigenvalue weighted by molar-refractivity contribution is 6.30. The van der Waals surface area contributed by atoms with Crippen molar-refractivity contribution < 1.29 is 9.53 Å². The van der Waals surface area contributed by atoms with E-state index in [9.17, 15) is 4.79 Å². The molecule has 1 amide bonds. The summed E-state index contributed by atoms with van der Waals surface area (Å²) in [6.07, 6.45) is 8.94. The van der Waals surface area contributed by atoms with E-state index in [1.54, 1.807) is 19.2 Å². The molecule has 4 aromatic rings. The fourth-order valence-corrected chi connectivity index (χ4v) is 4.73. The zero-order valence-electron chi connectivity index (χ0n) is 19.2. The molecule has 178 valence electrons. The number of fused-ring (bicyclic) bond motifs is 1. The van der Waals surface area contributed by atoms with Gasteiger partial charge in [-0.25, -0.2) is 15.0 Å². The number of aromatic nitrogens is 4. The average Bonchev–Trinajstić information content (AvgIpc) is 3.79. The van der Waals surface area contributed by atoms with Crippen molar-refractivity contribution in [2.45, 2.75) is 37.6 Å². The second-order valence-corrected chi connectivity index (χ2v) is 9.64. The number of nitrogens with zero attached hydrogens (tertiary/aromatic N) is 4. The van der Waals surface area contributed by atoms with Crippen LogP contribution in [0.25, 0.3) is 5.65 Å². The Kier molecular flexibility index (Phi) is 5.53. The monoisotopic (exact) mass is 488 g/mol. The zero-order chi connectivity index (χ0) is 23.9. The molecule has 6 rings (SSSR count). The van der Waals surface area contributed by atoms with Crippen LogP contribution in [-0.4, -0.2) is 32.4 Å². The Balaban J connectivity index is 1.08. The molecule has 9 heteroatoms. The highest BCUT2D eigenvalue weighted by Gasteiger charge is 2.45. The van der Waals surface area contributed by atoms with Crippen LogP contribution in [0.15, 0.2) is 55.1 Å². The number of rotatable bonds is 8. The van der Waals surface area contributed by atoms with Crippen molar-refractivity contribution in [1.82, 2.24) is 19.4 Å². The number of halogens is 1. The Hall–Kier alpha value is -3.65. The van der Waals surface area contributed by atoms with Crippen LogP contribution in [0.4, 0.5) is 11.6 Å². The Morgan fingerprint density at radius 2 is 2.00 bits per heavy atom. The van der Waals surface area contributed by atoms with Crippen molar-refractivity contribution >= 4 is 34.8 Å². The number of methoxy groups -OCH3 is 1. The molecule has 1 aromatic carbocycles. The van der Waals surface area contributed by atoms with Crippen molar-refractivity contribution in [1.29, 1.82) is 0 Å². The first-order valence-corrected chi connectivity index (χ1v) is 12.1. The van der Waals surface area contributed by atoms with E-state index in [-0.39, 0.29) is 17.7 Å². The lowest BCUT2D eigenvalue weighted by molar-refractivity contribution is -0.117. The summed E-state index contributed by atoms with van der Waals surface area (Å²) in [5.41, 5.74) is 4.18. The van der Waals surface area contributed by atoms with E-state index in [2.05, 4.69) is 48.3 Å². The second-order valence-electron chi connectivity index (χ2n) is 9.20. The van der Waals surface area contributed by atoms with Crippen LogP contribution in [0.2, 0.25) is 5.02 Å². The molecular formula is C26H25ClN6O2. The van der Waals surface area contributed by atoms with E-state index in [1.165, 1.54) is 24.7 Å². The van der Waals surface area contributed by atoms with Crippen LogP contribution < -0.4 is 15.4 Å². The van der Waals surface area contributed by atoms with E-state index in [0.717, 1.165) is 29.1 Å². The van der Waals surface area contributed by atoms with Crippen molar-refractivity contribution in [2.24, 2.45) is 5.92 Å². The van der Waals surface area contributed by atoms with E-state index >= 15 is 0 Å². The van der Waals surface area contributed by atoms with Gasteiger partial charge >= 0.3 is 0 Å². The molecule has 3 heterocycles. The standard InChI is InChI=1S/C26H25ClN6O2/c1-35-22-6-5-17(27)8-20(22)19-9-21(19)26(34)32-24-10-23(29-14-30-24)28-11-18-13-33-12-16(15-2-3-15)4-7-25(33)31-18/h4-8,10,12-15,19,21H,2-3,9,11H2,1H3,(H2,28,29,30,32,34)/t19-,21+/m1/s1. The van der Waals surface area contributed by atoms with Gasteiger partial charge in [0, 0.05) is 29.4 Å². The molecule has 0 spiro atoms. The molecule has 8 nitrogen and oxygen atoms in total. The molecule has 2 aliphatic carbocycles. The van der Waals surface area contributed by atoms with E-state index < -0.39 is 0 Å². The van der Waals surface area contributed by atoms with E-state index in [1.807, 2.05) is 18.3 Å². The first kappa shape index (κ1) is 21.9. The van der Waals surface area contributed by atoms with Crippen molar-refractivity contribution in [2.75, 3.05) is 17.7 Å². The molecule has 2 fully saturated rings. The maximum atomic E-state index is 12.8. The van der Waals surface area contributed by atoms with Crippen molar-refractivity contribution in [3.63, 3.8) is 0 Å². The predicted octanol–water partition coefficient (Wildman–Crippen LogP) is 5.02. The average molecular weight is 489 g/mol. The predicted molar refractivity (Wildman–Crippen MR) is 134 cm³/mol. The van der Waals surface area contributed by atoms with Gasteiger partial charge in [0.15, 0.2) is 0 Å². The SMILES string of the molecule is COc1ccc(Cl)cc1[C@H]1C[C@@H]1C(=O)Nc1cc(NCc2cn3cc(C4CC4)ccc3n2)ncn1. The van der Waals surface area contributed by atoms with Crippen LogP contribution in [0, 0.1) is 5.92 Å². The maximum Gasteiger partial charge on any atom is 0.229 e. The number of carbonyl (C=O) groups is 1. The number of nitrogens with one attached hydrogen (secondary N) is 2. The Labute approximate surface area is 207 Å². The molecule has 0 aliphatic heterocycles. The molecule has 0 radical (unpaired) electrons. The van der Waals surface area contributed by atoms with Crippen molar-refractivity contribution in [3.8, 4) is 5.75 Å². The Bertz CT molecular complexity index is 1420. The number of anilines is 2. The molecule has 35 heavy (non-hydrogen) atoms. The quantitative estimate of drug-likeness (QED) is 0.362. The summed E-state index contributed by atoms with van der Waals surface area (Å²) in [5.74, 6) is 2.39.